The standard InChI is InChI=1S/C27H25F3N6O4/c1-15(37)35-12-17-14-40-23-9-16(7-8-22(23)36(17)25(38)13-35)33-24-10-21(19(11-32-24)27(28,29)30)34-20-6-4-3-5-18(20)26(39)31-2/h3-11,17H,12-14H2,1-2H3,(H,31,39)(H2,32,33,34). The Balaban J connectivity index is 1.42. The number of piperazine rings is 1. The molecule has 2 aliphatic heterocycles. The van der Waals surface area contributed by atoms with Gasteiger partial charge in [0, 0.05) is 44.5 Å². The number of rotatable bonds is 5. The molecule has 0 radical (unpaired) electrons. The number of carbonyl (C=O) groups is 3. The molecule has 1 atom stereocenters. The molecule has 1 aromatic heterocycles. The molecule has 1 fully saturated rings. The number of pyridine rings is 1. The first-order valence-electron chi connectivity index (χ1n) is 12.3. The largest absolute Gasteiger partial charge is 0.489 e. The third-order valence-electron chi connectivity index (χ3n) is 6.64. The lowest BCUT2D eigenvalue weighted by Gasteiger charge is -2.43. The molecule has 0 aliphatic carbocycles. The molecular formula is C27H25F3N6O4. The number of nitrogens with one attached hydrogen (secondary N) is 3. The summed E-state index contributed by atoms with van der Waals surface area (Å²) in [7, 11) is 1.43. The molecule has 1 saturated heterocycles. The van der Waals surface area contributed by atoms with E-state index in [1.54, 1.807) is 35.2 Å². The van der Waals surface area contributed by atoms with Crippen molar-refractivity contribution < 1.29 is 32.3 Å². The smallest absolute Gasteiger partial charge is 0.419 e. The van der Waals surface area contributed by atoms with E-state index in [-0.39, 0.29) is 53.8 Å². The van der Waals surface area contributed by atoms with Gasteiger partial charge in [0.15, 0.2) is 0 Å². The monoisotopic (exact) mass is 554 g/mol. The van der Waals surface area contributed by atoms with Gasteiger partial charge in [-0.15, -0.1) is 0 Å². The van der Waals surface area contributed by atoms with Crippen molar-refractivity contribution in [2.75, 3.05) is 42.3 Å². The van der Waals surface area contributed by atoms with Crippen LogP contribution >= 0.6 is 0 Å². The van der Waals surface area contributed by atoms with E-state index >= 15 is 0 Å². The van der Waals surface area contributed by atoms with E-state index in [9.17, 15) is 27.6 Å². The molecule has 3 amide bonds. The van der Waals surface area contributed by atoms with Gasteiger partial charge in [-0.05, 0) is 24.3 Å². The fourth-order valence-electron chi connectivity index (χ4n) is 4.71. The predicted octanol–water partition coefficient (Wildman–Crippen LogP) is 3.90. The van der Waals surface area contributed by atoms with Crippen LogP contribution in [-0.4, -0.2) is 60.4 Å². The number of benzene rings is 2. The second-order valence-corrected chi connectivity index (χ2v) is 9.30. The Labute approximate surface area is 227 Å². The molecule has 13 heteroatoms. The molecule has 0 saturated carbocycles. The van der Waals surface area contributed by atoms with Gasteiger partial charge in [0.05, 0.1) is 34.2 Å². The lowest BCUT2D eigenvalue weighted by Crippen LogP contribution is -2.61. The van der Waals surface area contributed by atoms with E-state index in [4.69, 9.17) is 4.74 Å². The highest BCUT2D eigenvalue weighted by Gasteiger charge is 2.39. The van der Waals surface area contributed by atoms with Crippen LogP contribution in [0, 0.1) is 0 Å². The second kappa shape index (κ2) is 10.4. The summed E-state index contributed by atoms with van der Waals surface area (Å²) in [4.78, 5) is 43.8. The van der Waals surface area contributed by atoms with Crippen molar-refractivity contribution >= 4 is 46.3 Å². The molecule has 3 heterocycles. The number of amides is 3. The van der Waals surface area contributed by atoms with Gasteiger partial charge in [0.1, 0.15) is 24.7 Å². The fraction of sp³-hybridized carbons (Fsp3) is 0.259. The van der Waals surface area contributed by atoms with E-state index in [0.29, 0.717) is 29.9 Å². The Hall–Kier alpha value is -4.81. The van der Waals surface area contributed by atoms with Crippen molar-refractivity contribution in [2.24, 2.45) is 0 Å². The molecular weight excluding hydrogens is 529 g/mol. The Morgan fingerprint density at radius 1 is 1.07 bits per heavy atom. The molecule has 10 nitrogen and oxygen atoms in total. The molecule has 40 heavy (non-hydrogen) atoms. The summed E-state index contributed by atoms with van der Waals surface area (Å²) < 4.78 is 47.3. The Kier molecular flexibility index (Phi) is 6.96. The maximum absolute atomic E-state index is 13.8. The topological polar surface area (TPSA) is 116 Å². The third kappa shape index (κ3) is 5.22. The summed E-state index contributed by atoms with van der Waals surface area (Å²) in [5.41, 5.74) is 0.0729. The summed E-state index contributed by atoms with van der Waals surface area (Å²) >= 11 is 0. The molecule has 1 unspecified atom stereocenters. The normalized spacial score (nSPS) is 16.4. The number of alkyl halides is 3. The van der Waals surface area contributed by atoms with Gasteiger partial charge in [-0.3, -0.25) is 19.3 Å². The predicted molar refractivity (Wildman–Crippen MR) is 141 cm³/mol. The van der Waals surface area contributed by atoms with Crippen LogP contribution in [0.5, 0.6) is 5.75 Å². The van der Waals surface area contributed by atoms with E-state index in [0.717, 1.165) is 0 Å². The van der Waals surface area contributed by atoms with Gasteiger partial charge in [-0.25, -0.2) is 4.98 Å². The van der Waals surface area contributed by atoms with Crippen LogP contribution in [-0.2, 0) is 15.8 Å². The van der Waals surface area contributed by atoms with Crippen LogP contribution in [0.1, 0.15) is 22.8 Å². The Morgan fingerprint density at radius 2 is 1.85 bits per heavy atom. The number of hydrogen-bond acceptors (Lipinski definition) is 7. The number of nitrogens with zero attached hydrogens (tertiary/aromatic N) is 3. The lowest BCUT2D eigenvalue weighted by atomic mass is 10.1. The zero-order valence-electron chi connectivity index (χ0n) is 21.5. The highest BCUT2D eigenvalue weighted by Crippen LogP contribution is 2.40. The maximum atomic E-state index is 13.8. The van der Waals surface area contributed by atoms with Crippen molar-refractivity contribution in [1.29, 1.82) is 0 Å². The van der Waals surface area contributed by atoms with Crippen LogP contribution in [0.4, 0.5) is 41.7 Å². The summed E-state index contributed by atoms with van der Waals surface area (Å²) in [6, 6.07) is 12.0. The maximum Gasteiger partial charge on any atom is 0.419 e. The summed E-state index contributed by atoms with van der Waals surface area (Å²) in [5.74, 6) is -0.355. The first-order chi connectivity index (χ1) is 19.0. The zero-order chi connectivity index (χ0) is 28.6. The van der Waals surface area contributed by atoms with Crippen LogP contribution in [0.25, 0.3) is 0 Å². The van der Waals surface area contributed by atoms with Crippen LogP contribution in [0.15, 0.2) is 54.7 Å². The average Bonchev–Trinajstić information content (AvgIpc) is 2.92. The molecule has 3 aromatic rings. The number of hydrogen-bond donors (Lipinski definition) is 3. The highest BCUT2D eigenvalue weighted by atomic mass is 19.4. The van der Waals surface area contributed by atoms with E-state index < -0.39 is 17.6 Å². The van der Waals surface area contributed by atoms with Crippen molar-refractivity contribution in [1.82, 2.24) is 15.2 Å². The minimum atomic E-state index is -4.70. The SMILES string of the molecule is CNC(=O)c1ccccc1Nc1cc(Nc2ccc3c(c2)OCC2CN(C(C)=O)CC(=O)N32)ncc1C(F)(F)F. The zero-order valence-corrected chi connectivity index (χ0v) is 21.5. The third-order valence-corrected chi connectivity index (χ3v) is 6.64. The Bertz CT molecular complexity index is 1500. The van der Waals surface area contributed by atoms with Crippen molar-refractivity contribution in [3.05, 3.63) is 65.9 Å². The molecule has 2 aromatic carbocycles. The van der Waals surface area contributed by atoms with E-state index in [2.05, 4.69) is 20.9 Å². The average molecular weight is 555 g/mol. The summed E-state index contributed by atoms with van der Waals surface area (Å²) in [6.07, 6.45) is -4.00. The van der Waals surface area contributed by atoms with Gasteiger partial charge >= 0.3 is 6.18 Å². The van der Waals surface area contributed by atoms with Crippen molar-refractivity contribution in [3.8, 4) is 5.75 Å². The van der Waals surface area contributed by atoms with Crippen molar-refractivity contribution in [3.63, 3.8) is 0 Å². The quantitative estimate of drug-likeness (QED) is 0.438. The van der Waals surface area contributed by atoms with Crippen molar-refractivity contribution in [2.45, 2.75) is 19.1 Å². The molecule has 0 spiro atoms. The number of para-hydroxylation sites is 1. The highest BCUT2D eigenvalue weighted by molar-refractivity contribution is 6.01. The van der Waals surface area contributed by atoms with Crippen LogP contribution < -0.4 is 25.6 Å². The summed E-state index contributed by atoms with van der Waals surface area (Å²) in [5, 5.41) is 8.18. The van der Waals surface area contributed by atoms with E-state index in [1.165, 1.54) is 37.1 Å². The van der Waals surface area contributed by atoms with Gasteiger partial charge in [-0.2, -0.15) is 13.2 Å². The van der Waals surface area contributed by atoms with E-state index in [1.807, 2.05) is 0 Å². The number of fused-ring (bicyclic) bond motifs is 3. The second-order valence-electron chi connectivity index (χ2n) is 9.30. The first-order valence-corrected chi connectivity index (χ1v) is 12.3. The molecule has 208 valence electrons. The van der Waals surface area contributed by atoms with Crippen LogP contribution in [0.3, 0.4) is 0 Å². The number of halogens is 3. The minimum Gasteiger partial charge on any atom is -0.489 e. The molecule has 5 rings (SSSR count). The van der Waals surface area contributed by atoms with Crippen LogP contribution in [0.2, 0.25) is 0 Å². The molecule has 2 aliphatic rings. The first kappa shape index (κ1) is 26.8. The lowest BCUT2D eigenvalue weighted by molar-refractivity contribution is -0.137. The molecule has 3 N–H and O–H groups in total. The number of aromatic nitrogens is 1. The van der Waals surface area contributed by atoms with Gasteiger partial charge in [0.2, 0.25) is 11.8 Å². The number of anilines is 5. The van der Waals surface area contributed by atoms with Gasteiger partial charge < -0.3 is 25.6 Å². The number of carbonyl (C=O) groups excluding carboxylic acids is 3. The fourth-order valence-corrected chi connectivity index (χ4v) is 4.71. The Morgan fingerprint density at radius 3 is 2.58 bits per heavy atom. The number of ether oxygens (including phenoxy) is 1. The summed E-state index contributed by atoms with van der Waals surface area (Å²) in [6.45, 7) is 1.92. The van der Waals surface area contributed by atoms with Gasteiger partial charge in [-0.1, -0.05) is 12.1 Å². The van der Waals surface area contributed by atoms with Gasteiger partial charge in [0.25, 0.3) is 5.91 Å². The minimum absolute atomic E-state index is 0.0282. The molecule has 0 bridgehead atoms.